The monoisotopic (exact) mass is 437 g/mol. The van der Waals surface area contributed by atoms with Crippen molar-refractivity contribution in [2.45, 2.75) is 32.6 Å². The molecule has 2 aliphatic heterocycles. The summed E-state index contributed by atoms with van der Waals surface area (Å²) in [6.45, 7) is 4.43. The highest BCUT2D eigenvalue weighted by atomic mass is 16.7. The zero-order valence-electron chi connectivity index (χ0n) is 19.0. The summed E-state index contributed by atoms with van der Waals surface area (Å²) in [6.07, 6.45) is 1.26. The van der Waals surface area contributed by atoms with E-state index in [4.69, 9.17) is 23.7 Å². The summed E-state index contributed by atoms with van der Waals surface area (Å²) in [5.74, 6) is 2.77. The van der Waals surface area contributed by atoms with Crippen LogP contribution in [0, 0.1) is 5.41 Å². The van der Waals surface area contributed by atoms with Gasteiger partial charge in [0, 0.05) is 40.9 Å². The Morgan fingerprint density at radius 1 is 0.938 bits per heavy atom. The van der Waals surface area contributed by atoms with Crippen molar-refractivity contribution >= 4 is 11.5 Å². The molecule has 0 aromatic heterocycles. The van der Waals surface area contributed by atoms with Gasteiger partial charge in [0.1, 0.15) is 0 Å². The standard InChI is InChI=1S/C25H27NO6/c1-25(2)10-16-22(17(27)11-25)21(13-6-7-18(28-3)24(30-5)23(13)29-4)14-8-19-20(32-12-31-19)9-15(14)26-16/h6-9,21,26H,10-12H2,1-5H3/t21-/m0/s1. The lowest BCUT2D eigenvalue weighted by atomic mass is 9.68. The van der Waals surface area contributed by atoms with E-state index >= 15 is 0 Å². The normalized spacial score (nSPS) is 20.3. The molecule has 5 rings (SSSR count). The van der Waals surface area contributed by atoms with Crippen molar-refractivity contribution in [1.82, 2.24) is 0 Å². The Balaban J connectivity index is 1.78. The molecule has 0 radical (unpaired) electrons. The number of hydrogen-bond donors (Lipinski definition) is 1. The number of carbonyl (C=O) groups excluding carboxylic acids is 1. The molecule has 3 aliphatic rings. The molecular formula is C25H27NO6. The van der Waals surface area contributed by atoms with Gasteiger partial charge in [0.2, 0.25) is 12.5 Å². The number of ketones is 1. The van der Waals surface area contributed by atoms with E-state index in [2.05, 4.69) is 19.2 Å². The van der Waals surface area contributed by atoms with Crippen molar-refractivity contribution in [3.63, 3.8) is 0 Å². The molecule has 0 saturated carbocycles. The van der Waals surface area contributed by atoms with Crippen LogP contribution >= 0.6 is 0 Å². The van der Waals surface area contributed by atoms with Crippen molar-refractivity contribution in [1.29, 1.82) is 0 Å². The molecule has 2 aromatic carbocycles. The number of benzene rings is 2. The average molecular weight is 437 g/mol. The van der Waals surface area contributed by atoms with Crippen LogP contribution in [0.1, 0.15) is 43.7 Å². The molecule has 0 fully saturated rings. The van der Waals surface area contributed by atoms with E-state index in [1.807, 2.05) is 24.3 Å². The van der Waals surface area contributed by atoms with Crippen LogP contribution in [0.2, 0.25) is 0 Å². The molecule has 32 heavy (non-hydrogen) atoms. The maximum atomic E-state index is 13.5. The van der Waals surface area contributed by atoms with Gasteiger partial charge in [0.15, 0.2) is 28.8 Å². The van der Waals surface area contributed by atoms with Crippen LogP contribution in [-0.2, 0) is 4.79 Å². The lowest BCUT2D eigenvalue weighted by Gasteiger charge is -2.39. The first-order valence-electron chi connectivity index (χ1n) is 10.6. The summed E-state index contributed by atoms with van der Waals surface area (Å²) in [4.78, 5) is 13.5. The van der Waals surface area contributed by atoms with E-state index in [0.29, 0.717) is 35.2 Å². The topological polar surface area (TPSA) is 75.3 Å². The minimum Gasteiger partial charge on any atom is -0.493 e. The number of hydrogen-bond acceptors (Lipinski definition) is 7. The van der Waals surface area contributed by atoms with Crippen molar-refractivity contribution in [2.75, 3.05) is 33.4 Å². The summed E-state index contributed by atoms with van der Waals surface area (Å²) < 4.78 is 28.2. The van der Waals surface area contributed by atoms with E-state index in [0.717, 1.165) is 34.5 Å². The van der Waals surface area contributed by atoms with Crippen LogP contribution < -0.4 is 29.0 Å². The fourth-order valence-electron chi connectivity index (χ4n) is 5.08. The minimum atomic E-state index is -0.339. The summed E-state index contributed by atoms with van der Waals surface area (Å²) in [5, 5.41) is 3.53. The van der Waals surface area contributed by atoms with E-state index in [9.17, 15) is 4.79 Å². The van der Waals surface area contributed by atoms with Gasteiger partial charge in [0.05, 0.1) is 21.3 Å². The first-order valence-corrected chi connectivity index (χ1v) is 10.6. The third-order valence-corrected chi connectivity index (χ3v) is 6.40. The van der Waals surface area contributed by atoms with Crippen LogP contribution in [-0.4, -0.2) is 33.9 Å². The number of carbonyl (C=O) groups is 1. The molecule has 0 saturated heterocycles. The number of anilines is 1. The summed E-state index contributed by atoms with van der Waals surface area (Å²) >= 11 is 0. The number of Topliss-reactive ketones (excluding diaryl/α,β-unsaturated/α-hetero) is 1. The molecule has 0 bridgehead atoms. The molecule has 2 heterocycles. The first-order chi connectivity index (χ1) is 15.4. The van der Waals surface area contributed by atoms with Crippen molar-refractivity contribution in [3.8, 4) is 28.7 Å². The second-order valence-electron chi connectivity index (χ2n) is 9.11. The first kappa shape index (κ1) is 20.5. The van der Waals surface area contributed by atoms with Gasteiger partial charge in [-0.1, -0.05) is 19.9 Å². The number of rotatable bonds is 4. The van der Waals surface area contributed by atoms with Crippen molar-refractivity contribution in [2.24, 2.45) is 5.41 Å². The van der Waals surface area contributed by atoms with Crippen LogP contribution in [0.3, 0.4) is 0 Å². The molecule has 1 N–H and O–H groups in total. The minimum absolute atomic E-state index is 0.122. The van der Waals surface area contributed by atoms with Gasteiger partial charge in [-0.3, -0.25) is 4.79 Å². The second-order valence-corrected chi connectivity index (χ2v) is 9.11. The molecular weight excluding hydrogens is 410 g/mol. The maximum Gasteiger partial charge on any atom is 0.231 e. The quantitative estimate of drug-likeness (QED) is 0.747. The highest BCUT2D eigenvalue weighted by Gasteiger charge is 2.42. The van der Waals surface area contributed by atoms with Gasteiger partial charge in [-0.15, -0.1) is 0 Å². The molecule has 2 aromatic rings. The molecule has 1 aliphatic carbocycles. The Labute approximate surface area is 187 Å². The zero-order valence-corrected chi connectivity index (χ0v) is 19.0. The van der Waals surface area contributed by atoms with Gasteiger partial charge in [-0.05, 0) is 29.5 Å². The number of ether oxygens (including phenoxy) is 5. The van der Waals surface area contributed by atoms with Crippen LogP contribution in [0.25, 0.3) is 0 Å². The lowest BCUT2D eigenvalue weighted by molar-refractivity contribution is -0.118. The Hall–Kier alpha value is -3.35. The lowest BCUT2D eigenvalue weighted by Crippen LogP contribution is -2.34. The fraction of sp³-hybridized carbons (Fsp3) is 0.400. The van der Waals surface area contributed by atoms with Crippen LogP contribution in [0.4, 0.5) is 5.69 Å². The highest BCUT2D eigenvalue weighted by molar-refractivity contribution is 6.02. The second kappa shape index (κ2) is 7.36. The highest BCUT2D eigenvalue weighted by Crippen LogP contribution is 2.55. The van der Waals surface area contributed by atoms with Crippen LogP contribution in [0.15, 0.2) is 35.5 Å². The molecule has 0 spiro atoms. The molecule has 0 unspecified atom stereocenters. The molecule has 0 amide bonds. The van der Waals surface area contributed by atoms with Gasteiger partial charge in [-0.2, -0.15) is 0 Å². The number of fused-ring (bicyclic) bond motifs is 2. The van der Waals surface area contributed by atoms with Gasteiger partial charge in [-0.25, -0.2) is 0 Å². The van der Waals surface area contributed by atoms with Gasteiger partial charge < -0.3 is 29.0 Å². The average Bonchev–Trinajstić information content (AvgIpc) is 3.21. The van der Waals surface area contributed by atoms with E-state index < -0.39 is 0 Å². The smallest absolute Gasteiger partial charge is 0.231 e. The van der Waals surface area contributed by atoms with E-state index in [-0.39, 0.29) is 23.9 Å². The molecule has 1 atom stereocenters. The summed E-state index contributed by atoms with van der Waals surface area (Å²) in [5.41, 5.74) is 4.27. The fourth-order valence-corrected chi connectivity index (χ4v) is 5.08. The third kappa shape index (κ3) is 3.06. The Morgan fingerprint density at radius 2 is 1.66 bits per heavy atom. The third-order valence-electron chi connectivity index (χ3n) is 6.40. The van der Waals surface area contributed by atoms with E-state index in [1.165, 1.54) is 0 Å². The molecule has 7 heteroatoms. The van der Waals surface area contributed by atoms with E-state index in [1.54, 1.807) is 21.3 Å². The van der Waals surface area contributed by atoms with Crippen molar-refractivity contribution in [3.05, 3.63) is 46.7 Å². The summed E-state index contributed by atoms with van der Waals surface area (Å²) in [7, 11) is 4.77. The Kier molecular flexibility index (Phi) is 4.73. The van der Waals surface area contributed by atoms with Gasteiger partial charge >= 0.3 is 0 Å². The molecule has 168 valence electrons. The zero-order chi connectivity index (χ0) is 22.6. The number of nitrogens with one attached hydrogen (secondary N) is 1. The SMILES string of the molecule is COc1ccc([C@@H]2C3=C(CC(C)(C)CC3=O)Nc3cc4c(cc32)OCO4)c(OC)c1OC. The van der Waals surface area contributed by atoms with Crippen LogP contribution in [0.5, 0.6) is 28.7 Å². The predicted molar refractivity (Wildman–Crippen MR) is 119 cm³/mol. The van der Waals surface area contributed by atoms with Gasteiger partial charge in [0.25, 0.3) is 0 Å². The summed E-state index contributed by atoms with van der Waals surface area (Å²) in [6, 6.07) is 7.71. The Bertz CT molecular complexity index is 1150. The predicted octanol–water partition coefficient (Wildman–Crippen LogP) is 4.64. The van der Waals surface area contributed by atoms with Crippen molar-refractivity contribution < 1.29 is 28.5 Å². The molecule has 7 nitrogen and oxygen atoms in total. The Morgan fingerprint density at radius 3 is 2.34 bits per heavy atom. The number of methoxy groups -OCH3 is 3. The number of allylic oxidation sites excluding steroid dienone is 2. The maximum absolute atomic E-state index is 13.5. The largest absolute Gasteiger partial charge is 0.493 e.